The molecule has 0 amide bonds. The van der Waals surface area contributed by atoms with E-state index >= 15 is 9.13 Å². The van der Waals surface area contributed by atoms with Gasteiger partial charge in [-0.2, -0.15) is 0 Å². The Morgan fingerprint density at radius 3 is 1.00 bits per heavy atom. The van der Waals surface area contributed by atoms with Gasteiger partial charge in [-0.05, 0) is 63.8 Å². The molecule has 0 aromatic heterocycles. The van der Waals surface area contributed by atoms with E-state index in [1.807, 2.05) is 38.1 Å². The van der Waals surface area contributed by atoms with Crippen LogP contribution in [0.5, 0.6) is 0 Å². The zero-order chi connectivity index (χ0) is 27.8. The van der Waals surface area contributed by atoms with E-state index < -0.39 is 24.7 Å². The fraction of sp³-hybridized carbons (Fsp3) is 0.188. The molecule has 0 saturated carbocycles. The molecule has 2 unspecified atom stereocenters. The number of hydrogen-bond donors (Lipinski definition) is 0. The molecule has 194 valence electrons. The SMILES string of the molecule is Cc1cc(C)c(C(=O)P(=O)(c2ccccc2)P(=O)(C(=O)c2c(C)cc(C)cc2C)c2ccccc2)c(C)c1. The topological polar surface area (TPSA) is 68.3 Å². The van der Waals surface area contributed by atoms with Crippen LogP contribution in [0.25, 0.3) is 0 Å². The third-order valence-corrected chi connectivity index (χ3v) is 16.1. The van der Waals surface area contributed by atoms with Crippen LogP contribution in [-0.2, 0) is 9.13 Å². The Kier molecular flexibility index (Phi) is 7.62. The number of hydrogen-bond acceptors (Lipinski definition) is 4. The quantitative estimate of drug-likeness (QED) is 0.223. The maximum atomic E-state index is 15.6. The number of aryl methyl sites for hydroxylation is 6. The highest BCUT2D eigenvalue weighted by molar-refractivity contribution is 8.53. The zero-order valence-electron chi connectivity index (χ0n) is 22.6. The molecule has 0 spiro atoms. The minimum atomic E-state index is -4.60. The van der Waals surface area contributed by atoms with E-state index in [1.165, 1.54) is 0 Å². The molecule has 6 heteroatoms. The van der Waals surface area contributed by atoms with Gasteiger partial charge in [0.25, 0.3) is 0 Å². The fourth-order valence-corrected chi connectivity index (χ4v) is 14.4. The lowest BCUT2D eigenvalue weighted by molar-refractivity contribution is 0.106. The van der Waals surface area contributed by atoms with Gasteiger partial charge in [-0.15, -0.1) is 0 Å². The molecule has 4 nitrogen and oxygen atoms in total. The van der Waals surface area contributed by atoms with Gasteiger partial charge in [0.2, 0.25) is 24.7 Å². The van der Waals surface area contributed by atoms with Crippen molar-refractivity contribution in [2.75, 3.05) is 0 Å². The number of carbonyl (C=O) groups excluding carboxylic acids is 2. The summed E-state index contributed by atoms with van der Waals surface area (Å²) in [6, 6.07) is 23.7. The Balaban J connectivity index is 2.15. The Morgan fingerprint density at radius 1 is 0.474 bits per heavy atom. The van der Waals surface area contributed by atoms with Gasteiger partial charge >= 0.3 is 0 Å². The minimum Gasteiger partial charge on any atom is -0.301 e. The van der Waals surface area contributed by atoms with Crippen molar-refractivity contribution in [2.45, 2.75) is 41.5 Å². The second-order valence-electron chi connectivity index (χ2n) is 9.98. The van der Waals surface area contributed by atoms with Gasteiger partial charge in [0.15, 0.2) is 0 Å². The molecule has 0 saturated heterocycles. The predicted octanol–water partition coefficient (Wildman–Crippen LogP) is 7.81. The van der Waals surface area contributed by atoms with Crippen LogP contribution in [0.4, 0.5) is 0 Å². The summed E-state index contributed by atoms with van der Waals surface area (Å²) >= 11 is 0. The smallest absolute Gasteiger partial charge is 0.248 e. The lowest BCUT2D eigenvalue weighted by Gasteiger charge is -2.29. The van der Waals surface area contributed by atoms with Crippen molar-refractivity contribution in [1.29, 1.82) is 0 Å². The molecule has 0 radical (unpaired) electrons. The maximum absolute atomic E-state index is 15.6. The Hall–Kier alpha value is -3.32. The third-order valence-electron chi connectivity index (χ3n) is 6.94. The van der Waals surface area contributed by atoms with Crippen LogP contribution in [0.2, 0.25) is 0 Å². The second kappa shape index (κ2) is 10.4. The van der Waals surface area contributed by atoms with E-state index in [1.54, 1.807) is 88.4 Å². The largest absolute Gasteiger partial charge is 0.301 e. The molecule has 0 bridgehead atoms. The summed E-state index contributed by atoms with van der Waals surface area (Å²) in [4.78, 5) is 29.2. The van der Waals surface area contributed by atoms with Crippen molar-refractivity contribution in [3.05, 3.63) is 129 Å². The van der Waals surface area contributed by atoms with Crippen LogP contribution in [0.3, 0.4) is 0 Å². The first-order valence-corrected chi connectivity index (χ1v) is 16.6. The summed E-state index contributed by atoms with van der Waals surface area (Å²) in [6.45, 7) is 1.77. The van der Waals surface area contributed by atoms with E-state index in [2.05, 4.69) is 0 Å². The molecule has 0 aliphatic carbocycles. The van der Waals surface area contributed by atoms with E-state index in [0.717, 1.165) is 11.1 Å². The van der Waals surface area contributed by atoms with E-state index in [-0.39, 0.29) is 21.7 Å². The van der Waals surface area contributed by atoms with Crippen LogP contribution in [0.15, 0.2) is 84.9 Å². The maximum Gasteiger partial charge on any atom is 0.248 e. The highest BCUT2D eigenvalue weighted by atomic mass is 32.1. The number of carbonyl (C=O) groups is 2. The van der Waals surface area contributed by atoms with Crippen molar-refractivity contribution in [2.24, 2.45) is 0 Å². The first kappa shape index (κ1) is 27.7. The van der Waals surface area contributed by atoms with Gasteiger partial charge in [-0.3, -0.25) is 9.59 Å². The average Bonchev–Trinajstić information content (AvgIpc) is 2.87. The predicted molar refractivity (Wildman–Crippen MR) is 157 cm³/mol. The molecule has 4 rings (SSSR count). The molecule has 0 N–H and O–H groups in total. The molecule has 4 aromatic rings. The van der Waals surface area contributed by atoms with Gasteiger partial charge in [0.1, 0.15) is 0 Å². The second-order valence-corrected chi connectivity index (χ2v) is 17.5. The summed E-state index contributed by atoms with van der Waals surface area (Å²) in [5.74, 6) is 0. The summed E-state index contributed by atoms with van der Waals surface area (Å²) in [5, 5.41) is 0.236. The Morgan fingerprint density at radius 2 is 0.737 bits per heavy atom. The summed E-state index contributed by atoms with van der Waals surface area (Å²) in [7, 11) is 0. The number of benzene rings is 4. The van der Waals surface area contributed by atoms with Crippen molar-refractivity contribution < 1.29 is 18.7 Å². The third kappa shape index (κ3) is 4.47. The molecule has 2 atom stereocenters. The molecule has 38 heavy (non-hydrogen) atoms. The van der Waals surface area contributed by atoms with Crippen LogP contribution >= 0.6 is 13.7 Å². The molecule has 0 aliphatic heterocycles. The summed E-state index contributed by atoms with van der Waals surface area (Å²) < 4.78 is 31.2. The Bertz CT molecular complexity index is 1480. The summed E-state index contributed by atoms with van der Waals surface area (Å²) in [5.41, 5.74) is 3.48. The fourth-order valence-electron chi connectivity index (χ4n) is 5.41. The highest BCUT2D eigenvalue weighted by Gasteiger charge is 2.57. The minimum absolute atomic E-state index is 0.118. The Labute approximate surface area is 224 Å². The van der Waals surface area contributed by atoms with Gasteiger partial charge in [0.05, 0.1) is 0 Å². The van der Waals surface area contributed by atoms with Gasteiger partial charge in [-0.1, -0.05) is 96.1 Å². The normalized spacial score (nSPS) is 14.4. The van der Waals surface area contributed by atoms with E-state index in [9.17, 15) is 9.59 Å². The van der Waals surface area contributed by atoms with Crippen LogP contribution < -0.4 is 10.6 Å². The van der Waals surface area contributed by atoms with Gasteiger partial charge in [0, 0.05) is 21.7 Å². The zero-order valence-corrected chi connectivity index (χ0v) is 24.4. The average molecular weight is 543 g/mol. The van der Waals surface area contributed by atoms with Crippen molar-refractivity contribution >= 4 is 35.3 Å². The summed E-state index contributed by atoms with van der Waals surface area (Å²) in [6.07, 6.45) is 0. The molecule has 4 aromatic carbocycles. The highest BCUT2D eigenvalue weighted by Crippen LogP contribution is 2.82. The number of rotatable bonds is 7. The first-order chi connectivity index (χ1) is 17.9. The first-order valence-electron chi connectivity index (χ1n) is 12.5. The van der Waals surface area contributed by atoms with E-state index in [0.29, 0.717) is 22.3 Å². The van der Waals surface area contributed by atoms with Gasteiger partial charge in [-0.25, -0.2) is 0 Å². The van der Waals surface area contributed by atoms with Crippen LogP contribution in [0.1, 0.15) is 54.1 Å². The lowest BCUT2D eigenvalue weighted by atomic mass is 10.0. The van der Waals surface area contributed by atoms with Crippen molar-refractivity contribution in [3.8, 4) is 0 Å². The molecule has 0 fully saturated rings. The molecule has 0 aliphatic rings. The molecule has 0 heterocycles. The van der Waals surface area contributed by atoms with Crippen molar-refractivity contribution in [3.63, 3.8) is 0 Å². The van der Waals surface area contributed by atoms with Crippen molar-refractivity contribution in [1.82, 2.24) is 0 Å². The standard InChI is InChI=1S/C32H32O4P2/c1-21-17-23(3)29(24(4)18-21)31(33)37(35,27-13-9-7-10-14-27)38(36,28-15-11-8-12-16-28)32(34)30-25(5)19-22(2)20-26(30)6/h7-20H,1-6H3. The molecular weight excluding hydrogens is 510 g/mol. The monoisotopic (exact) mass is 542 g/mol. The van der Waals surface area contributed by atoms with E-state index in [4.69, 9.17) is 0 Å². The van der Waals surface area contributed by atoms with Crippen LogP contribution in [0, 0.1) is 41.5 Å². The van der Waals surface area contributed by atoms with Crippen LogP contribution in [-0.4, -0.2) is 11.0 Å². The molecular formula is C32H32O4P2. The lowest BCUT2D eigenvalue weighted by Crippen LogP contribution is -2.24. The van der Waals surface area contributed by atoms with Gasteiger partial charge < -0.3 is 9.13 Å².